The molecule has 0 radical (unpaired) electrons. The maximum absolute atomic E-state index is 4.70. The van der Waals surface area contributed by atoms with Crippen LogP contribution in [0.3, 0.4) is 0 Å². The Bertz CT molecular complexity index is 492. The van der Waals surface area contributed by atoms with Gasteiger partial charge in [-0.25, -0.2) is 9.97 Å². The minimum absolute atomic E-state index is 1.05. The van der Waals surface area contributed by atoms with Crippen LogP contribution in [-0.4, -0.2) is 9.97 Å². The fourth-order valence-electron chi connectivity index (χ4n) is 2.24. The van der Waals surface area contributed by atoms with Crippen molar-refractivity contribution in [1.29, 1.82) is 0 Å². The van der Waals surface area contributed by atoms with E-state index in [1.807, 2.05) is 22.7 Å². The first kappa shape index (κ1) is 14.7. The standard InChI is InChI=1S/C15H22N2S2/c1-5-12-10(3)18-14(16-12)8-7-9-15-17-13(6-2)11(4)19-15/h5-9H2,1-4H3. The molecule has 0 spiro atoms. The molecule has 104 valence electrons. The van der Waals surface area contributed by atoms with Gasteiger partial charge in [0.15, 0.2) is 0 Å². The van der Waals surface area contributed by atoms with Crippen molar-refractivity contribution in [3.05, 3.63) is 31.2 Å². The number of hydrogen-bond acceptors (Lipinski definition) is 4. The van der Waals surface area contributed by atoms with Gasteiger partial charge in [0.25, 0.3) is 0 Å². The van der Waals surface area contributed by atoms with Crippen LogP contribution in [0.2, 0.25) is 0 Å². The van der Waals surface area contributed by atoms with Crippen molar-refractivity contribution in [3.63, 3.8) is 0 Å². The number of aromatic nitrogens is 2. The lowest BCUT2D eigenvalue weighted by atomic mass is 10.2. The second-order valence-corrected chi connectivity index (χ2v) is 7.36. The molecule has 0 atom stereocenters. The summed E-state index contributed by atoms with van der Waals surface area (Å²) in [6.07, 6.45) is 5.44. The summed E-state index contributed by atoms with van der Waals surface area (Å²) in [5.41, 5.74) is 2.55. The van der Waals surface area contributed by atoms with Crippen molar-refractivity contribution >= 4 is 22.7 Å². The average molecular weight is 294 g/mol. The van der Waals surface area contributed by atoms with E-state index in [0.29, 0.717) is 0 Å². The van der Waals surface area contributed by atoms with E-state index < -0.39 is 0 Å². The maximum atomic E-state index is 4.70. The fourth-order valence-corrected chi connectivity index (χ4v) is 4.36. The first-order chi connectivity index (χ1) is 9.13. The van der Waals surface area contributed by atoms with E-state index in [-0.39, 0.29) is 0 Å². The highest BCUT2D eigenvalue weighted by Gasteiger charge is 2.08. The lowest BCUT2D eigenvalue weighted by Crippen LogP contribution is -1.91. The Morgan fingerprint density at radius 2 is 1.21 bits per heavy atom. The Hall–Kier alpha value is -0.740. The molecule has 0 amide bonds. The molecule has 0 N–H and O–H groups in total. The Morgan fingerprint density at radius 3 is 1.53 bits per heavy atom. The number of hydrogen-bond donors (Lipinski definition) is 0. The molecule has 2 aromatic heterocycles. The molecule has 0 aliphatic heterocycles. The lowest BCUT2D eigenvalue weighted by molar-refractivity contribution is 0.799. The van der Waals surface area contributed by atoms with Gasteiger partial charge in [0.05, 0.1) is 21.4 Å². The zero-order chi connectivity index (χ0) is 13.8. The molecule has 4 heteroatoms. The summed E-state index contributed by atoms with van der Waals surface area (Å²) in [5.74, 6) is 0. The Labute approximate surface area is 123 Å². The van der Waals surface area contributed by atoms with Crippen LogP contribution in [0, 0.1) is 13.8 Å². The van der Waals surface area contributed by atoms with E-state index in [1.54, 1.807) is 0 Å². The van der Waals surface area contributed by atoms with E-state index in [1.165, 1.54) is 31.2 Å². The molecule has 19 heavy (non-hydrogen) atoms. The second kappa shape index (κ2) is 6.62. The molecule has 0 fully saturated rings. The molecule has 2 rings (SSSR count). The van der Waals surface area contributed by atoms with Crippen LogP contribution in [0.25, 0.3) is 0 Å². The zero-order valence-corrected chi connectivity index (χ0v) is 13.9. The molecule has 0 saturated carbocycles. The molecule has 0 aliphatic rings. The molecule has 0 aliphatic carbocycles. The molecule has 0 bridgehead atoms. The lowest BCUT2D eigenvalue weighted by Gasteiger charge is -1.95. The van der Waals surface area contributed by atoms with Crippen molar-refractivity contribution < 1.29 is 0 Å². The molecule has 2 heterocycles. The first-order valence-corrected chi connectivity index (χ1v) is 8.67. The van der Waals surface area contributed by atoms with Crippen molar-refractivity contribution in [2.45, 2.75) is 59.8 Å². The van der Waals surface area contributed by atoms with Crippen molar-refractivity contribution in [3.8, 4) is 0 Å². The van der Waals surface area contributed by atoms with Crippen LogP contribution in [0.15, 0.2) is 0 Å². The van der Waals surface area contributed by atoms with Crippen molar-refractivity contribution in [2.75, 3.05) is 0 Å². The molecule has 2 aromatic rings. The van der Waals surface area contributed by atoms with Crippen LogP contribution in [-0.2, 0) is 25.7 Å². The molecule has 0 saturated heterocycles. The second-order valence-electron chi connectivity index (χ2n) is 4.78. The van der Waals surface area contributed by atoms with Gasteiger partial charge in [-0.15, -0.1) is 22.7 Å². The summed E-state index contributed by atoms with van der Waals surface area (Å²) in [6.45, 7) is 8.71. The largest absolute Gasteiger partial charge is 0.246 e. The van der Waals surface area contributed by atoms with Gasteiger partial charge in [-0.1, -0.05) is 13.8 Å². The van der Waals surface area contributed by atoms with Gasteiger partial charge in [0, 0.05) is 9.75 Å². The zero-order valence-electron chi connectivity index (χ0n) is 12.2. The summed E-state index contributed by atoms with van der Waals surface area (Å²) >= 11 is 3.72. The summed E-state index contributed by atoms with van der Waals surface area (Å²) in [6, 6.07) is 0. The smallest absolute Gasteiger partial charge is 0.0931 e. The van der Waals surface area contributed by atoms with E-state index in [0.717, 1.165) is 32.1 Å². The van der Waals surface area contributed by atoms with Gasteiger partial charge in [0.1, 0.15) is 0 Å². The number of aryl methyl sites for hydroxylation is 6. The SMILES string of the molecule is CCc1nc(CCCc2nc(CC)c(C)s2)sc1C. The summed E-state index contributed by atoms with van der Waals surface area (Å²) < 4.78 is 0. The van der Waals surface area contributed by atoms with Gasteiger partial charge < -0.3 is 0 Å². The van der Waals surface area contributed by atoms with Gasteiger partial charge in [-0.3, -0.25) is 0 Å². The monoisotopic (exact) mass is 294 g/mol. The normalized spacial score (nSPS) is 11.2. The predicted molar refractivity (Wildman–Crippen MR) is 84.5 cm³/mol. The summed E-state index contributed by atoms with van der Waals surface area (Å²) in [5, 5.41) is 2.58. The fraction of sp³-hybridized carbons (Fsp3) is 0.600. The molecular weight excluding hydrogens is 272 g/mol. The highest BCUT2D eigenvalue weighted by atomic mass is 32.1. The quantitative estimate of drug-likeness (QED) is 0.783. The van der Waals surface area contributed by atoms with Crippen LogP contribution < -0.4 is 0 Å². The highest BCUT2D eigenvalue weighted by molar-refractivity contribution is 7.12. The molecule has 0 unspecified atom stereocenters. The minimum atomic E-state index is 1.05. The molecule has 2 nitrogen and oxygen atoms in total. The van der Waals surface area contributed by atoms with E-state index >= 15 is 0 Å². The van der Waals surface area contributed by atoms with Crippen LogP contribution in [0.4, 0.5) is 0 Å². The van der Waals surface area contributed by atoms with Crippen molar-refractivity contribution in [1.82, 2.24) is 9.97 Å². The molecular formula is C15H22N2S2. The third-order valence-electron chi connectivity index (χ3n) is 3.32. The van der Waals surface area contributed by atoms with E-state index in [4.69, 9.17) is 9.97 Å². The predicted octanol–water partition coefficient (Wildman–Crippen LogP) is 4.52. The van der Waals surface area contributed by atoms with Gasteiger partial charge in [0.2, 0.25) is 0 Å². The Morgan fingerprint density at radius 1 is 0.789 bits per heavy atom. The average Bonchev–Trinajstić information content (AvgIpc) is 2.92. The van der Waals surface area contributed by atoms with Crippen LogP contribution in [0.5, 0.6) is 0 Å². The molecule has 0 aromatic carbocycles. The van der Waals surface area contributed by atoms with E-state index in [2.05, 4.69) is 27.7 Å². The van der Waals surface area contributed by atoms with E-state index in [9.17, 15) is 0 Å². The van der Waals surface area contributed by atoms with Crippen LogP contribution >= 0.6 is 22.7 Å². The van der Waals surface area contributed by atoms with Crippen molar-refractivity contribution in [2.24, 2.45) is 0 Å². The van der Waals surface area contributed by atoms with Gasteiger partial charge in [-0.2, -0.15) is 0 Å². The maximum Gasteiger partial charge on any atom is 0.0931 e. The number of nitrogens with zero attached hydrogens (tertiary/aromatic N) is 2. The van der Waals surface area contributed by atoms with Gasteiger partial charge >= 0.3 is 0 Å². The van der Waals surface area contributed by atoms with Gasteiger partial charge in [-0.05, 0) is 46.0 Å². The number of rotatable bonds is 6. The first-order valence-electron chi connectivity index (χ1n) is 7.04. The topological polar surface area (TPSA) is 25.8 Å². The Balaban J connectivity index is 1.88. The summed E-state index contributed by atoms with van der Waals surface area (Å²) in [4.78, 5) is 12.2. The Kier molecular flexibility index (Phi) is 5.11. The minimum Gasteiger partial charge on any atom is -0.246 e. The highest BCUT2D eigenvalue weighted by Crippen LogP contribution is 2.22. The third-order valence-corrected chi connectivity index (χ3v) is 5.47. The van der Waals surface area contributed by atoms with Crippen LogP contribution in [0.1, 0.15) is 51.4 Å². The third kappa shape index (κ3) is 3.63. The number of thiazole rings is 2. The summed E-state index contributed by atoms with van der Waals surface area (Å²) in [7, 11) is 0.